The van der Waals surface area contributed by atoms with Gasteiger partial charge >= 0.3 is 0 Å². The van der Waals surface area contributed by atoms with Gasteiger partial charge in [-0.3, -0.25) is 0 Å². The van der Waals surface area contributed by atoms with Crippen LogP contribution in [0.4, 0.5) is 0 Å². The van der Waals surface area contributed by atoms with Crippen molar-refractivity contribution in [3.8, 4) is 5.75 Å². The minimum absolute atomic E-state index is 0.413. The highest BCUT2D eigenvalue weighted by Gasteiger charge is 2.41. The summed E-state index contributed by atoms with van der Waals surface area (Å²) >= 11 is 5.88. The number of rotatable bonds is 5. The van der Waals surface area contributed by atoms with Crippen molar-refractivity contribution in [3.05, 3.63) is 30.3 Å². The Morgan fingerprint density at radius 3 is 2.50 bits per heavy atom. The maximum Gasteiger partial charge on any atom is 0.119 e. The maximum atomic E-state index is 5.88. The standard InChI is InChI=1S/C12H15ClO/c13-10-12(6-7-12)8-9-14-11-4-2-1-3-5-11/h1-5H,6-10H2. The molecule has 0 unspecified atom stereocenters. The minimum atomic E-state index is 0.413. The van der Waals surface area contributed by atoms with Crippen LogP contribution in [0.25, 0.3) is 0 Å². The number of hydrogen-bond acceptors (Lipinski definition) is 1. The zero-order valence-corrected chi connectivity index (χ0v) is 8.96. The Morgan fingerprint density at radius 2 is 1.93 bits per heavy atom. The van der Waals surface area contributed by atoms with E-state index < -0.39 is 0 Å². The summed E-state index contributed by atoms with van der Waals surface area (Å²) in [5, 5.41) is 0. The zero-order valence-electron chi connectivity index (χ0n) is 8.21. The Morgan fingerprint density at radius 1 is 1.21 bits per heavy atom. The molecule has 0 radical (unpaired) electrons. The van der Waals surface area contributed by atoms with E-state index in [-0.39, 0.29) is 0 Å². The number of alkyl halides is 1. The molecular formula is C12H15ClO. The Hall–Kier alpha value is -0.690. The lowest BCUT2D eigenvalue weighted by molar-refractivity contribution is 0.278. The van der Waals surface area contributed by atoms with Crippen LogP contribution in [0.2, 0.25) is 0 Å². The molecule has 0 N–H and O–H groups in total. The molecule has 76 valence electrons. The molecule has 1 aromatic rings. The Kier molecular flexibility index (Phi) is 2.97. The molecule has 0 atom stereocenters. The van der Waals surface area contributed by atoms with E-state index in [0.717, 1.165) is 24.7 Å². The number of benzene rings is 1. The van der Waals surface area contributed by atoms with Gasteiger partial charge in [0.15, 0.2) is 0 Å². The number of ether oxygens (including phenoxy) is 1. The van der Waals surface area contributed by atoms with Crippen LogP contribution in [0.1, 0.15) is 19.3 Å². The van der Waals surface area contributed by atoms with Gasteiger partial charge in [0.2, 0.25) is 0 Å². The SMILES string of the molecule is ClCC1(CCOc2ccccc2)CC1. The summed E-state index contributed by atoms with van der Waals surface area (Å²) in [5.74, 6) is 1.74. The predicted molar refractivity (Wildman–Crippen MR) is 58.9 cm³/mol. The summed E-state index contributed by atoms with van der Waals surface area (Å²) in [4.78, 5) is 0. The summed E-state index contributed by atoms with van der Waals surface area (Å²) in [6.07, 6.45) is 3.63. The zero-order chi connectivity index (χ0) is 9.86. The maximum absolute atomic E-state index is 5.88. The molecule has 0 bridgehead atoms. The molecule has 1 nitrogen and oxygen atoms in total. The van der Waals surface area contributed by atoms with E-state index in [9.17, 15) is 0 Å². The van der Waals surface area contributed by atoms with Crippen LogP contribution in [-0.4, -0.2) is 12.5 Å². The van der Waals surface area contributed by atoms with Crippen molar-refractivity contribution in [2.45, 2.75) is 19.3 Å². The smallest absolute Gasteiger partial charge is 0.119 e. The van der Waals surface area contributed by atoms with Crippen molar-refractivity contribution < 1.29 is 4.74 Å². The van der Waals surface area contributed by atoms with Gasteiger partial charge < -0.3 is 4.74 Å². The monoisotopic (exact) mass is 210 g/mol. The molecule has 1 fully saturated rings. The lowest BCUT2D eigenvalue weighted by Gasteiger charge is -2.11. The Labute approximate surface area is 90.0 Å². The molecule has 1 aliphatic carbocycles. The fourth-order valence-electron chi connectivity index (χ4n) is 1.53. The van der Waals surface area contributed by atoms with Crippen LogP contribution in [0.3, 0.4) is 0 Å². The van der Waals surface area contributed by atoms with Gasteiger partial charge in [0.1, 0.15) is 5.75 Å². The third-order valence-electron chi connectivity index (χ3n) is 2.88. The average Bonchev–Trinajstić information content (AvgIpc) is 3.00. The van der Waals surface area contributed by atoms with Gasteiger partial charge in [-0.2, -0.15) is 0 Å². The second-order valence-corrected chi connectivity index (χ2v) is 4.31. The van der Waals surface area contributed by atoms with Crippen LogP contribution < -0.4 is 4.74 Å². The van der Waals surface area contributed by atoms with Crippen molar-refractivity contribution in [2.24, 2.45) is 5.41 Å². The van der Waals surface area contributed by atoms with E-state index in [1.165, 1.54) is 12.8 Å². The Bertz CT molecular complexity index is 280. The van der Waals surface area contributed by atoms with Crippen molar-refractivity contribution >= 4 is 11.6 Å². The van der Waals surface area contributed by atoms with Crippen LogP contribution in [0.15, 0.2) is 30.3 Å². The molecule has 14 heavy (non-hydrogen) atoms. The summed E-state index contributed by atoms with van der Waals surface area (Å²) in [7, 11) is 0. The quantitative estimate of drug-likeness (QED) is 0.677. The fourth-order valence-corrected chi connectivity index (χ4v) is 1.93. The Balaban J connectivity index is 1.73. The van der Waals surface area contributed by atoms with Gasteiger partial charge in [0.25, 0.3) is 0 Å². The molecule has 2 heteroatoms. The highest BCUT2D eigenvalue weighted by Crippen LogP contribution is 2.49. The van der Waals surface area contributed by atoms with Crippen LogP contribution >= 0.6 is 11.6 Å². The third-order valence-corrected chi connectivity index (χ3v) is 3.45. The summed E-state index contributed by atoms with van der Waals surface area (Å²) in [5.41, 5.74) is 0.413. The van der Waals surface area contributed by atoms with Crippen molar-refractivity contribution in [1.82, 2.24) is 0 Å². The normalized spacial score (nSPS) is 17.8. The first-order chi connectivity index (χ1) is 6.85. The van der Waals surface area contributed by atoms with Gasteiger partial charge in [-0.15, -0.1) is 11.6 Å². The number of halogens is 1. The summed E-state index contributed by atoms with van der Waals surface area (Å²) in [6, 6.07) is 9.95. The van der Waals surface area contributed by atoms with Gasteiger partial charge in [0.05, 0.1) is 6.61 Å². The number of para-hydroxylation sites is 1. The molecular weight excluding hydrogens is 196 g/mol. The molecule has 1 aliphatic rings. The van der Waals surface area contributed by atoms with E-state index in [1.807, 2.05) is 30.3 Å². The molecule has 0 heterocycles. The lowest BCUT2D eigenvalue weighted by atomic mass is 10.1. The first-order valence-corrected chi connectivity index (χ1v) is 5.62. The van der Waals surface area contributed by atoms with Gasteiger partial charge in [-0.25, -0.2) is 0 Å². The second kappa shape index (κ2) is 4.22. The van der Waals surface area contributed by atoms with Gasteiger partial charge in [-0.05, 0) is 36.8 Å². The molecule has 1 saturated carbocycles. The van der Waals surface area contributed by atoms with E-state index in [0.29, 0.717) is 5.41 Å². The molecule has 0 aliphatic heterocycles. The van der Waals surface area contributed by atoms with Crippen molar-refractivity contribution in [2.75, 3.05) is 12.5 Å². The second-order valence-electron chi connectivity index (χ2n) is 4.05. The molecule has 0 saturated heterocycles. The average molecular weight is 211 g/mol. The predicted octanol–water partition coefficient (Wildman–Crippen LogP) is 3.47. The molecule has 0 spiro atoms. The third kappa shape index (κ3) is 2.42. The fraction of sp³-hybridized carbons (Fsp3) is 0.500. The lowest BCUT2D eigenvalue weighted by Crippen LogP contribution is -2.08. The molecule has 1 aromatic carbocycles. The first kappa shape index (κ1) is 9.85. The highest BCUT2D eigenvalue weighted by molar-refractivity contribution is 6.18. The van der Waals surface area contributed by atoms with Gasteiger partial charge in [0, 0.05) is 5.88 Å². The van der Waals surface area contributed by atoms with E-state index in [1.54, 1.807) is 0 Å². The largest absolute Gasteiger partial charge is 0.494 e. The molecule has 0 aromatic heterocycles. The van der Waals surface area contributed by atoms with E-state index >= 15 is 0 Å². The molecule has 0 amide bonds. The topological polar surface area (TPSA) is 9.23 Å². The number of hydrogen-bond donors (Lipinski definition) is 0. The van der Waals surface area contributed by atoms with Crippen molar-refractivity contribution in [1.29, 1.82) is 0 Å². The minimum Gasteiger partial charge on any atom is -0.494 e. The first-order valence-electron chi connectivity index (χ1n) is 5.08. The van der Waals surface area contributed by atoms with Crippen LogP contribution in [-0.2, 0) is 0 Å². The summed E-state index contributed by atoms with van der Waals surface area (Å²) < 4.78 is 5.63. The van der Waals surface area contributed by atoms with Gasteiger partial charge in [-0.1, -0.05) is 18.2 Å². The van der Waals surface area contributed by atoms with Crippen molar-refractivity contribution in [3.63, 3.8) is 0 Å². The van der Waals surface area contributed by atoms with E-state index in [4.69, 9.17) is 16.3 Å². The van der Waals surface area contributed by atoms with E-state index in [2.05, 4.69) is 0 Å². The molecule has 2 rings (SSSR count). The summed E-state index contributed by atoms with van der Waals surface area (Å²) in [6.45, 7) is 0.788. The van der Waals surface area contributed by atoms with Crippen LogP contribution in [0, 0.1) is 5.41 Å². The highest BCUT2D eigenvalue weighted by atomic mass is 35.5. The van der Waals surface area contributed by atoms with Crippen LogP contribution in [0.5, 0.6) is 5.75 Å².